The van der Waals surface area contributed by atoms with Crippen molar-refractivity contribution in [1.29, 1.82) is 0 Å². The van der Waals surface area contributed by atoms with Gasteiger partial charge in [-0.2, -0.15) is 0 Å². The number of rotatable bonds is 19. The van der Waals surface area contributed by atoms with Crippen LogP contribution in [-0.2, 0) is 0 Å². The molecule has 1 rings (SSSR count). The zero-order valence-corrected chi connectivity index (χ0v) is 20.1. The Morgan fingerprint density at radius 1 is 0.621 bits per heavy atom. The Balaban J connectivity index is 1.84. The first-order valence-electron chi connectivity index (χ1n) is 13.0. The van der Waals surface area contributed by atoms with Gasteiger partial charge in [-0.3, -0.25) is 0 Å². The molecule has 0 aliphatic rings. The average Bonchev–Trinajstić information content (AvgIpc) is 2.72. The number of aryl methyl sites for hydroxylation is 1. The summed E-state index contributed by atoms with van der Waals surface area (Å²) in [7, 11) is 0. The molecule has 168 valence electrons. The highest BCUT2D eigenvalue weighted by Crippen LogP contribution is 2.23. The molecule has 0 bridgehead atoms. The number of unbranched alkanes of at least 4 members (excludes halogenated alkanes) is 16. The smallest absolute Gasteiger partial charge is 0.0297 e. The van der Waals surface area contributed by atoms with Crippen LogP contribution in [0.5, 0.6) is 0 Å². The number of benzene rings is 1. The second-order valence-electron chi connectivity index (χ2n) is 9.34. The van der Waals surface area contributed by atoms with Crippen molar-refractivity contribution < 1.29 is 0 Å². The molecule has 0 saturated carbocycles. The van der Waals surface area contributed by atoms with Gasteiger partial charge in [-0.15, -0.1) is 0 Å². The van der Waals surface area contributed by atoms with Gasteiger partial charge >= 0.3 is 0 Å². The van der Waals surface area contributed by atoms with E-state index in [1.165, 1.54) is 126 Å². The molecule has 0 radical (unpaired) electrons. The Bertz CT molecular complexity index is 493. The van der Waals surface area contributed by atoms with Crippen LogP contribution in [0.4, 0.5) is 0 Å². The van der Waals surface area contributed by atoms with Crippen molar-refractivity contribution in [2.24, 2.45) is 5.73 Å². The summed E-state index contributed by atoms with van der Waals surface area (Å²) in [5.74, 6) is 0. The van der Waals surface area contributed by atoms with E-state index >= 15 is 0 Å². The summed E-state index contributed by atoms with van der Waals surface area (Å²) in [4.78, 5) is 0. The zero-order chi connectivity index (χ0) is 21.2. The van der Waals surface area contributed by atoms with Crippen molar-refractivity contribution in [2.45, 2.75) is 142 Å². The molecule has 1 aromatic rings. The second kappa shape index (κ2) is 18.0. The number of hydrogen-bond acceptors (Lipinski definition) is 1. The van der Waals surface area contributed by atoms with E-state index in [1.54, 1.807) is 0 Å². The maximum atomic E-state index is 6.43. The second-order valence-corrected chi connectivity index (χ2v) is 9.34. The maximum Gasteiger partial charge on any atom is 0.0297 e. The Morgan fingerprint density at radius 2 is 1.03 bits per heavy atom. The maximum absolute atomic E-state index is 6.43. The molecule has 1 unspecified atom stereocenters. The van der Waals surface area contributed by atoms with E-state index in [0.29, 0.717) is 0 Å². The fourth-order valence-corrected chi connectivity index (χ4v) is 4.42. The minimum absolute atomic E-state index is 0.214. The van der Waals surface area contributed by atoms with Crippen LogP contribution >= 0.6 is 0 Å². The van der Waals surface area contributed by atoms with Crippen LogP contribution < -0.4 is 5.73 Å². The van der Waals surface area contributed by atoms with Crippen LogP contribution in [0.1, 0.15) is 145 Å². The van der Waals surface area contributed by atoms with Crippen LogP contribution in [0.25, 0.3) is 0 Å². The largest absolute Gasteiger partial charge is 0.324 e. The molecule has 0 aliphatic carbocycles. The Labute approximate surface area is 183 Å². The van der Waals surface area contributed by atoms with E-state index in [2.05, 4.69) is 39.0 Å². The molecule has 0 aliphatic heterocycles. The van der Waals surface area contributed by atoms with Crippen molar-refractivity contribution in [1.82, 2.24) is 0 Å². The predicted octanol–water partition coefficient (Wildman–Crippen LogP) is 9.34. The molecule has 0 aromatic heterocycles. The third kappa shape index (κ3) is 13.2. The Kier molecular flexibility index (Phi) is 16.3. The summed E-state index contributed by atoms with van der Waals surface area (Å²) >= 11 is 0. The monoisotopic (exact) mass is 401 g/mol. The molecule has 1 atom stereocenters. The highest BCUT2D eigenvalue weighted by Gasteiger charge is 2.09. The number of hydrogen-bond donors (Lipinski definition) is 1. The lowest BCUT2D eigenvalue weighted by Gasteiger charge is -2.16. The van der Waals surface area contributed by atoms with E-state index in [9.17, 15) is 0 Å². The van der Waals surface area contributed by atoms with Crippen LogP contribution in [0, 0.1) is 13.8 Å². The van der Waals surface area contributed by atoms with E-state index in [4.69, 9.17) is 5.73 Å². The molecule has 0 spiro atoms. The van der Waals surface area contributed by atoms with Gasteiger partial charge in [-0.25, -0.2) is 0 Å². The van der Waals surface area contributed by atoms with Gasteiger partial charge in [-0.05, 0) is 37.0 Å². The van der Waals surface area contributed by atoms with E-state index < -0.39 is 0 Å². The van der Waals surface area contributed by atoms with Gasteiger partial charge in [0.05, 0.1) is 0 Å². The summed E-state index contributed by atoms with van der Waals surface area (Å²) in [5, 5.41) is 0. The highest BCUT2D eigenvalue weighted by atomic mass is 14.6. The lowest BCUT2D eigenvalue weighted by atomic mass is 9.94. The lowest BCUT2D eigenvalue weighted by Crippen LogP contribution is -2.12. The Hall–Kier alpha value is -0.820. The quantitative estimate of drug-likeness (QED) is 0.229. The third-order valence-electron chi connectivity index (χ3n) is 6.66. The van der Waals surface area contributed by atoms with Crippen molar-refractivity contribution in [3.63, 3.8) is 0 Å². The van der Waals surface area contributed by atoms with Gasteiger partial charge in [0.15, 0.2) is 0 Å². The fraction of sp³-hybridized carbons (Fsp3) is 0.786. The first kappa shape index (κ1) is 26.2. The SMILES string of the molecule is CCCCCCCCCCCCCCCCCCCC(N)c1cccc(C)c1C. The van der Waals surface area contributed by atoms with Gasteiger partial charge in [0.1, 0.15) is 0 Å². The summed E-state index contributed by atoms with van der Waals surface area (Å²) in [6.07, 6.45) is 25.4. The first-order valence-corrected chi connectivity index (χ1v) is 13.0. The molecule has 2 N–H and O–H groups in total. The van der Waals surface area contributed by atoms with Crippen LogP contribution in [0.15, 0.2) is 18.2 Å². The van der Waals surface area contributed by atoms with Crippen LogP contribution in [-0.4, -0.2) is 0 Å². The zero-order valence-electron chi connectivity index (χ0n) is 20.1. The van der Waals surface area contributed by atoms with Gasteiger partial charge in [0, 0.05) is 6.04 Å². The van der Waals surface area contributed by atoms with Crippen molar-refractivity contribution in [3.8, 4) is 0 Å². The van der Waals surface area contributed by atoms with Gasteiger partial charge in [0.2, 0.25) is 0 Å². The van der Waals surface area contributed by atoms with Gasteiger partial charge < -0.3 is 5.73 Å². The fourth-order valence-electron chi connectivity index (χ4n) is 4.42. The molecule has 1 aromatic carbocycles. The Morgan fingerprint density at radius 3 is 1.48 bits per heavy atom. The molecule has 0 amide bonds. The molecular formula is C28H51N. The highest BCUT2D eigenvalue weighted by molar-refractivity contribution is 5.35. The van der Waals surface area contributed by atoms with Crippen molar-refractivity contribution >= 4 is 0 Å². The van der Waals surface area contributed by atoms with Crippen molar-refractivity contribution in [3.05, 3.63) is 34.9 Å². The standard InChI is InChI=1S/C28H51N/c1-4-5-6-7-8-9-10-11-12-13-14-15-16-17-18-19-20-24-28(29)27-23-21-22-25(2)26(27)3/h21-23,28H,4-20,24,29H2,1-3H3. The number of nitrogens with two attached hydrogens (primary N) is 1. The molecular weight excluding hydrogens is 350 g/mol. The molecule has 29 heavy (non-hydrogen) atoms. The van der Waals surface area contributed by atoms with E-state index in [1.807, 2.05) is 0 Å². The third-order valence-corrected chi connectivity index (χ3v) is 6.66. The predicted molar refractivity (Wildman–Crippen MR) is 132 cm³/mol. The molecule has 0 saturated heterocycles. The van der Waals surface area contributed by atoms with Crippen LogP contribution in [0.3, 0.4) is 0 Å². The lowest BCUT2D eigenvalue weighted by molar-refractivity contribution is 0.516. The normalized spacial score (nSPS) is 12.4. The minimum atomic E-state index is 0.214. The molecule has 1 heteroatoms. The molecule has 1 nitrogen and oxygen atoms in total. The molecule has 0 fully saturated rings. The minimum Gasteiger partial charge on any atom is -0.324 e. The molecule has 0 heterocycles. The first-order chi connectivity index (χ1) is 14.2. The summed E-state index contributed by atoms with van der Waals surface area (Å²) in [6, 6.07) is 6.75. The van der Waals surface area contributed by atoms with E-state index in [0.717, 1.165) is 6.42 Å². The average molecular weight is 402 g/mol. The summed E-state index contributed by atoms with van der Waals surface area (Å²) in [5.41, 5.74) is 10.5. The topological polar surface area (TPSA) is 26.0 Å². The van der Waals surface area contributed by atoms with Gasteiger partial charge in [0.25, 0.3) is 0 Å². The summed E-state index contributed by atoms with van der Waals surface area (Å²) in [6.45, 7) is 6.69. The van der Waals surface area contributed by atoms with E-state index in [-0.39, 0.29) is 6.04 Å². The van der Waals surface area contributed by atoms with Gasteiger partial charge in [-0.1, -0.05) is 134 Å². The van der Waals surface area contributed by atoms with Crippen LogP contribution in [0.2, 0.25) is 0 Å². The summed E-state index contributed by atoms with van der Waals surface area (Å²) < 4.78 is 0. The van der Waals surface area contributed by atoms with Crippen molar-refractivity contribution in [2.75, 3.05) is 0 Å².